The first-order valence-corrected chi connectivity index (χ1v) is 9.72. The number of amides is 1. The number of hydrogen-bond acceptors (Lipinski definition) is 6. The molecule has 1 unspecified atom stereocenters. The number of rotatable bonds is 5. The van der Waals surface area contributed by atoms with Crippen LogP contribution in [0.25, 0.3) is 0 Å². The molecule has 3 rings (SSSR count). The summed E-state index contributed by atoms with van der Waals surface area (Å²) < 4.78 is 22.0. The Hall–Kier alpha value is -2.46. The van der Waals surface area contributed by atoms with E-state index in [-0.39, 0.29) is 24.2 Å². The van der Waals surface area contributed by atoms with Crippen molar-refractivity contribution in [3.63, 3.8) is 0 Å². The molecule has 1 amide bonds. The van der Waals surface area contributed by atoms with Crippen LogP contribution < -0.4 is 10.2 Å². The molecule has 1 aliphatic heterocycles. The van der Waals surface area contributed by atoms with E-state index in [1.807, 2.05) is 13.8 Å². The van der Waals surface area contributed by atoms with Crippen LogP contribution in [0.15, 0.2) is 20.3 Å². The lowest BCUT2D eigenvalue weighted by atomic mass is 10.1. The van der Waals surface area contributed by atoms with Gasteiger partial charge in [-0.25, -0.2) is 8.93 Å². The van der Waals surface area contributed by atoms with Gasteiger partial charge in [0, 0.05) is 37.4 Å². The van der Waals surface area contributed by atoms with E-state index < -0.39 is 22.2 Å². The first-order chi connectivity index (χ1) is 12.7. The molecular formula is C17H22N4O5S. The third kappa shape index (κ3) is 3.42. The van der Waals surface area contributed by atoms with Crippen molar-refractivity contribution >= 4 is 16.9 Å². The van der Waals surface area contributed by atoms with Crippen LogP contribution in [0.5, 0.6) is 5.75 Å². The second-order valence-corrected chi connectivity index (χ2v) is 7.92. The van der Waals surface area contributed by atoms with Crippen LogP contribution in [0.4, 0.5) is 0 Å². The molecule has 0 radical (unpaired) electrons. The lowest BCUT2D eigenvalue weighted by Crippen LogP contribution is -2.46. The molecule has 0 aliphatic carbocycles. The minimum Gasteiger partial charge on any atom is -0.503 e. The second-order valence-electron chi connectivity index (χ2n) is 6.68. The van der Waals surface area contributed by atoms with Crippen molar-refractivity contribution in [2.75, 3.05) is 6.54 Å². The number of fused-ring (bicyclic) bond motifs is 1. The number of carbonyl (C=O) groups is 1. The van der Waals surface area contributed by atoms with Gasteiger partial charge in [-0.15, -0.1) is 0 Å². The van der Waals surface area contributed by atoms with Gasteiger partial charge in [-0.1, -0.05) is 5.16 Å². The van der Waals surface area contributed by atoms with Gasteiger partial charge in [0.2, 0.25) is 5.43 Å². The number of aromatic hydroxyl groups is 1. The molecule has 3 heterocycles. The molecule has 0 saturated heterocycles. The van der Waals surface area contributed by atoms with Gasteiger partial charge in [0.05, 0.1) is 5.69 Å². The molecule has 146 valence electrons. The number of hydrogen-bond donors (Lipinski definition) is 2. The van der Waals surface area contributed by atoms with Crippen LogP contribution >= 0.6 is 0 Å². The van der Waals surface area contributed by atoms with Gasteiger partial charge in [-0.3, -0.25) is 9.59 Å². The van der Waals surface area contributed by atoms with Gasteiger partial charge in [-0.05, 0) is 27.7 Å². The smallest absolute Gasteiger partial charge is 0.274 e. The van der Waals surface area contributed by atoms with Crippen molar-refractivity contribution in [3.05, 3.63) is 39.1 Å². The van der Waals surface area contributed by atoms with Crippen molar-refractivity contribution in [1.82, 2.24) is 19.3 Å². The fraction of sp³-hybridized carbons (Fsp3) is 0.471. The maximum absolute atomic E-state index is 12.7. The summed E-state index contributed by atoms with van der Waals surface area (Å²) in [7, 11) is -1.59. The van der Waals surface area contributed by atoms with E-state index in [0.29, 0.717) is 35.1 Å². The molecule has 0 aromatic carbocycles. The van der Waals surface area contributed by atoms with E-state index in [4.69, 9.17) is 4.52 Å². The highest BCUT2D eigenvalue weighted by atomic mass is 32.2. The molecule has 0 fully saturated rings. The Bertz CT molecular complexity index is 959. The molecule has 0 saturated carbocycles. The second kappa shape index (κ2) is 7.28. The van der Waals surface area contributed by atoms with Crippen LogP contribution in [0.3, 0.4) is 0 Å². The third-order valence-electron chi connectivity index (χ3n) is 4.56. The molecule has 9 nitrogen and oxygen atoms in total. The average molecular weight is 394 g/mol. The molecule has 27 heavy (non-hydrogen) atoms. The first-order valence-electron chi connectivity index (χ1n) is 8.57. The van der Waals surface area contributed by atoms with Gasteiger partial charge < -0.3 is 19.1 Å². The molecule has 10 heteroatoms. The largest absolute Gasteiger partial charge is 0.503 e. The van der Waals surface area contributed by atoms with Crippen LogP contribution in [-0.4, -0.2) is 42.4 Å². The summed E-state index contributed by atoms with van der Waals surface area (Å²) in [4.78, 5) is 26.9. The van der Waals surface area contributed by atoms with E-state index in [2.05, 4.69) is 9.88 Å². The Kier molecular flexibility index (Phi) is 5.20. The van der Waals surface area contributed by atoms with Crippen LogP contribution in [-0.2, 0) is 24.1 Å². The van der Waals surface area contributed by atoms with Crippen molar-refractivity contribution < 1.29 is 18.6 Å². The molecule has 1 aliphatic rings. The van der Waals surface area contributed by atoms with Crippen molar-refractivity contribution in [3.8, 4) is 5.75 Å². The van der Waals surface area contributed by atoms with E-state index in [0.717, 1.165) is 0 Å². The highest BCUT2D eigenvalue weighted by molar-refractivity contribution is 7.83. The van der Waals surface area contributed by atoms with Gasteiger partial charge in [0.15, 0.2) is 17.2 Å². The predicted molar refractivity (Wildman–Crippen MR) is 97.8 cm³/mol. The number of nitrogens with zero attached hydrogens (tertiary/aromatic N) is 3. The van der Waals surface area contributed by atoms with E-state index in [9.17, 15) is 18.9 Å². The lowest BCUT2D eigenvalue weighted by molar-refractivity contribution is 0.0639. The fourth-order valence-electron chi connectivity index (χ4n) is 3.19. The summed E-state index contributed by atoms with van der Waals surface area (Å²) in [6, 6.07) is 1.21. The number of carbonyl (C=O) groups excluding carboxylic acids is 1. The van der Waals surface area contributed by atoms with Gasteiger partial charge >= 0.3 is 0 Å². The highest BCUT2D eigenvalue weighted by Gasteiger charge is 2.31. The zero-order valence-electron chi connectivity index (χ0n) is 15.6. The van der Waals surface area contributed by atoms with Crippen molar-refractivity contribution in [1.29, 1.82) is 0 Å². The molecule has 0 spiro atoms. The Morgan fingerprint density at radius 1 is 1.33 bits per heavy atom. The lowest BCUT2D eigenvalue weighted by Gasteiger charge is -2.34. The van der Waals surface area contributed by atoms with Crippen LogP contribution in [0.1, 0.15) is 41.5 Å². The van der Waals surface area contributed by atoms with Crippen LogP contribution in [0, 0.1) is 13.8 Å². The summed E-state index contributed by atoms with van der Waals surface area (Å²) >= 11 is 0. The van der Waals surface area contributed by atoms with Gasteiger partial charge in [0.1, 0.15) is 15.9 Å². The van der Waals surface area contributed by atoms with E-state index >= 15 is 0 Å². The first kappa shape index (κ1) is 19.3. The van der Waals surface area contributed by atoms with Gasteiger partial charge in [0.25, 0.3) is 5.91 Å². The van der Waals surface area contributed by atoms with Crippen molar-refractivity contribution in [2.24, 2.45) is 0 Å². The zero-order valence-corrected chi connectivity index (χ0v) is 16.4. The SMILES string of the molecule is Cc1noc(C)c1S(=O)NCc1cc(=O)c(O)c2n1CCN(C(C)C)C2=O. The number of aryl methyl sites for hydroxylation is 2. The van der Waals surface area contributed by atoms with E-state index in [1.165, 1.54) is 6.07 Å². The summed E-state index contributed by atoms with van der Waals surface area (Å²) in [5, 5.41) is 13.9. The Balaban J connectivity index is 1.92. The highest BCUT2D eigenvalue weighted by Crippen LogP contribution is 2.23. The molecule has 2 N–H and O–H groups in total. The average Bonchev–Trinajstić information content (AvgIpc) is 2.94. The topological polar surface area (TPSA) is 118 Å². The maximum atomic E-state index is 12.7. The van der Waals surface area contributed by atoms with Gasteiger partial charge in [-0.2, -0.15) is 0 Å². The molecule has 2 aromatic heterocycles. The molecule has 1 atom stereocenters. The minimum absolute atomic E-state index is 0.0256. The summed E-state index contributed by atoms with van der Waals surface area (Å²) in [6.45, 7) is 8.09. The Morgan fingerprint density at radius 3 is 2.63 bits per heavy atom. The predicted octanol–water partition coefficient (Wildman–Crippen LogP) is 0.835. The number of aromatic nitrogens is 2. The van der Waals surface area contributed by atoms with Crippen LogP contribution in [0.2, 0.25) is 0 Å². The fourth-order valence-corrected chi connectivity index (χ4v) is 4.22. The molecular weight excluding hydrogens is 372 g/mol. The zero-order chi connectivity index (χ0) is 19.9. The molecule has 0 bridgehead atoms. The quantitative estimate of drug-likeness (QED) is 0.776. The van der Waals surface area contributed by atoms with Crippen molar-refractivity contribution in [2.45, 2.75) is 51.7 Å². The maximum Gasteiger partial charge on any atom is 0.274 e. The number of nitrogens with one attached hydrogen (secondary N) is 1. The Labute approximate surface area is 158 Å². The third-order valence-corrected chi connectivity index (χ3v) is 5.92. The number of pyridine rings is 1. The normalized spacial score (nSPS) is 15.3. The standard InChI is InChI=1S/C17H22N4O5S/c1-9(2)20-5-6-21-12(7-13(22)15(23)14(21)17(20)24)8-18-27(25)16-10(3)19-26-11(16)4/h7,9,18,23H,5-6,8H2,1-4H3. The summed E-state index contributed by atoms with van der Waals surface area (Å²) in [5.41, 5.74) is 0.332. The van der Waals surface area contributed by atoms with E-state index in [1.54, 1.807) is 23.3 Å². The Morgan fingerprint density at radius 2 is 2.04 bits per heavy atom. The summed E-state index contributed by atoms with van der Waals surface area (Å²) in [6.07, 6.45) is 0. The summed E-state index contributed by atoms with van der Waals surface area (Å²) in [5.74, 6) is -0.494. The monoisotopic (exact) mass is 394 g/mol. The molecule has 2 aromatic rings. The minimum atomic E-state index is -1.59.